The van der Waals surface area contributed by atoms with Gasteiger partial charge in [0, 0.05) is 16.0 Å². The summed E-state index contributed by atoms with van der Waals surface area (Å²) in [5, 5.41) is 1.54. The van der Waals surface area contributed by atoms with Crippen LogP contribution in [0.3, 0.4) is 0 Å². The molecule has 0 saturated carbocycles. The summed E-state index contributed by atoms with van der Waals surface area (Å²) < 4.78 is 7.65. The first-order chi connectivity index (χ1) is 13.8. The molecule has 29 heavy (non-hydrogen) atoms. The third kappa shape index (κ3) is 6.06. The normalized spacial score (nSPS) is 11.2. The van der Waals surface area contributed by atoms with Crippen LogP contribution in [0.25, 0.3) is 10.2 Å². The van der Waals surface area contributed by atoms with Crippen molar-refractivity contribution in [3.63, 3.8) is 0 Å². The smallest absolute Gasteiger partial charge is 0.266 e. The van der Waals surface area contributed by atoms with Gasteiger partial charge in [-0.2, -0.15) is 0 Å². The molecule has 0 radical (unpaired) electrons. The molecular weight excluding hydrogens is 497 g/mol. The first-order valence-corrected chi connectivity index (χ1v) is 11.3. The lowest BCUT2D eigenvalue weighted by Crippen LogP contribution is -2.36. The Labute approximate surface area is 192 Å². The number of nitrogens with zero attached hydrogens (tertiary/aromatic N) is 3. The molecule has 1 heterocycles. The predicted octanol–water partition coefficient (Wildman–Crippen LogP) is 5.73. The molecular formula is C20H20BrCl2N3O2S. The number of ether oxygens (including phenoxy) is 1. The van der Waals surface area contributed by atoms with Gasteiger partial charge in [-0.25, -0.2) is 4.98 Å². The summed E-state index contributed by atoms with van der Waals surface area (Å²) in [5.74, 6) is 0.249. The number of aromatic nitrogens is 1. The molecule has 0 unspecified atom stereocenters. The van der Waals surface area contributed by atoms with Crippen LogP contribution in [-0.4, -0.2) is 49.6 Å². The van der Waals surface area contributed by atoms with Gasteiger partial charge in [-0.05, 0) is 63.5 Å². The molecule has 5 nitrogen and oxygen atoms in total. The average Bonchev–Trinajstić information content (AvgIpc) is 3.06. The van der Waals surface area contributed by atoms with Crippen molar-refractivity contribution in [2.75, 3.05) is 38.7 Å². The van der Waals surface area contributed by atoms with Gasteiger partial charge in [0.1, 0.15) is 5.75 Å². The fraction of sp³-hybridized carbons (Fsp3) is 0.300. The fourth-order valence-corrected chi connectivity index (χ4v) is 4.71. The van der Waals surface area contributed by atoms with E-state index in [1.54, 1.807) is 23.1 Å². The van der Waals surface area contributed by atoms with Crippen LogP contribution < -0.4 is 9.64 Å². The fourth-order valence-electron chi connectivity index (χ4n) is 2.68. The number of rotatable bonds is 8. The van der Waals surface area contributed by atoms with Crippen molar-refractivity contribution in [1.82, 2.24) is 9.88 Å². The second-order valence-electron chi connectivity index (χ2n) is 6.67. The Bertz CT molecular complexity index is 1010. The number of benzene rings is 2. The molecule has 1 amide bonds. The van der Waals surface area contributed by atoms with Gasteiger partial charge in [-0.15, -0.1) is 0 Å². The summed E-state index contributed by atoms with van der Waals surface area (Å²) in [6, 6.07) is 10.8. The Hall–Kier alpha value is -1.38. The zero-order valence-corrected chi connectivity index (χ0v) is 19.9. The number of carbonyl (C=O) groups is 1. The van der Waals surface area contributed by atoms with Crippen LogP contribution in [-0.2, 0) is 4.79 Å². The number of carbonyl (C=O) groups excluding carboxylic acids is 1. The van der Waals surface area contributed by atoms with Crippen molar-refractivity contribution in [3.05, 3.63) is 50.9 Å². The van der Waals surface area contributed by atoms with E-state index < -0.39 is 0 Å². The topological polar surface area (TPSA) is 45.7 Å². The van der Waals surface area contributed by atoms with E-state index in [0.29, 0.717) is 27.5 Å². The van der Waals surface area contributed by atoms with Gasteiger partial charge in [0.25, 0.3) is 5.91 Å². The van der Waals surface area contributed by atoms with E-state index in [2.05, 4.69) is 25.8 Å². The Morgan fingerprint density at radius 2 is 1.97 bits per heavy atom. The second-order valence-corrected chi connectivity index (χ2v) is 9.44. The van der Waals surface area contributed by atoms with E-state index in [4.69, 9.17) is 27.9 Å². The summed E-state index contributed by atoms with van der Waals surface area (Å²) in [6.45, 7) is 1.28. The molecule has 3 rings (SSSR count). The molecule has 1 aromatic heterocycles. The number of hydrogen-bond donors (Lipinski definition) is 0. The zero-order chi connectivity index (χ0) is 21.0. The summed E-state index contributed by atoms with van der Waals surface area (Å²) in [5.41, 5.74) is 0.861. The van der Waals surface area contributed by atoms with Crippen LogP contribution in [0.5, 0.6) is 5.75 Å². The van der Waals surface area contributed by atoms with Crippen molar-refractivity contribution in [1.29, 1.82) is 0 Å². The molecule has 0 fully saturated rings. The van der Waals surface area contributed by atoms with Crippen LogP contribution >= 0.6 is 50.5 Å². The van der Waals surface area contributed by atoms with Gasteiger partial charge in [0.2, 0.25) is 0 Å². The summed E-state index contributed by atoms with van der Waals surface area (Å²) in [7, 11) is 4.01. The molecule has 0 atom stereocenters. The molecule has 0 N–H and O–H groups in total. The maximum Gasteiger partial charge on any atom is 0.266 e. The minimum Gasteiger partial charge on any atom is -0.482 e. The number of fused-ring (bicyclic) bond motifs is 1. The molecule has 0 bridgehead atoms. The third-order valence-electron chi connectivity index (χ3n) is 4.10. The molecule has 0 aliphatic carbocycles. The number of anilines is 1. The van der Waals surface area contributed by atoms with E-state index in [1.165, 1.54) is 11.3 Å². The lowest BCUT2D eigenvalue weighted by atomic mass is 10.3. The maximum atomic E-state index is 13.0. The second kappa shape index (κ2) is 10.1. The first-order valence-electron chi connectivity index (χ1n) is 8.92. The minimum atomic E-state index is -0.173. The monoisotopic (exact) mass is 515 g/mol. The highest BCUT2D eigenvalue weighted by atomic mass is 79.9. The number of halogens is 3. The summed E-state index contributed by atoms with van der Waals surface area (Å²) in [4.78, 5) is 21.4. The van der Waals surface area contributed by atoms with Gasteiger partial charge in [0.05, 0.1) is 15.2 Å². The number of thiazole rings is 1. The third-order valence-corrected chi connectivity index (χ3v) is 6.17. The number of amides is 1. The largest absolute Gasteiger partial charge is 0.482 e. The molecule has 0 aliphatic heterocycles. The van der Waals surface area contributed by atoms with Crippen molar-refractivity contribution < 1.29 is 9.53 Å². The molecule has 0 spiro atoms. The summed E-state index contributed by atoms with van der Waals surface area (Å²) in [6.07, 6.45) is 0.820. The van der Waals surface area contributed by atoms with E-state index in [1.807, 2.05) is 32.3 Å². The van der Waals surface area contributed by atoms with Crippen LogP contribution in [0.4, 0.5) is 5.13 Å². The Kier molecular flexibility index (Phi) is 7.76. The standard InChI is InChI=1S/C20H20BrCl2N3O2S/c1-25(2)8-3-9-26(20-24-16-6-4-13(21)10-18(16)29-20)19(27)12-28-17-7-5-14(22)11-15(17)23/h4-7,10-11H,3,8-9,12H2,1-2H3. The van der Waals surface area contributed by atoms with Crippen molar-refractivity contribution >= 4 is 71.7 Å². The average molecular weight is 517 g/mol. The van der Waals surface area contributed by atoms with E-state index >= 15 is 0 Å². The van der Waals surface area contributed by atoms with Gasteiger partial charge in [0.15, 0.2) is 11.7 Å². The zero-order valence-electron chi connectivity index (χ0n) is 16.0. The quantitative estimate of drug-likeness (QED) is 0.383. The van der Waals surface area contributed by atoms with Crippen molar-refractivity contribution in [2.24, 2.45) is 0 Å². The SMILES string of the molecule is CN(C)CCCN(C(=O)COc1ccc(Cl)cc1Cl)c1nc2ccc(Br)cc2s1. The van der Waals surface area contributed by atoms with Crippen LogP contribution in [0.2, 0.25) is 10.0 Å². The highest BCUT2D eigenvalue weighted by molar-refractivity contribution is 9.10. The van der Waals surface area contributed by atoms with E-state index in [9.17, 15) is 4.79 Å². The van der Waals surface area contributed by atoms with Crippen LogP contribution in [0.1, 0.15) is 6.42 Å². The van der Waals surface area contributed by atoms with Crippen LogP contribution in [0.15, 0.2) is 40.9 Å². The summed E-state index contributed by atoms with van der Waals surface area (Å²) >= 11 is 17.0. The van der Waals surface area contributed by atoms with Gasteiger partial charge in [-0.1, -0.05) is 50.5 Å². The van der Waals surface area contributed by atoms with Crippen molar-refractivity contribution in [3.8, 4) is 5.75 Å². The van der Waals surface area contributed by atoms with Crippen molar-refractivity contribution in [2.45, 2.75) is 6.42 Å². The first kappa shape index (κ1) is 22.3. The highest BCUT2D eigenvalue weighted by Crippen LogP contribution is 2.32. The Balaban J connectivity index is 1.78. The molecule has 154 valence electrons. The predicted molar refractivity (Wildman–Crippen MR) is 125 cm³/mol. The van der Waals surface area contributed by atoms with Gasteiger partial charge < -0.3 is 9.64 Å². The van der Waals surface area contributed by atoms with Gasteiger partial charge >= 0.3 is 0 Å². The van der Waals surface area contributed by atoms with Crippen LogP contribution in [0, 0.1) is 0 Å². The lowest BCUT2D eigenvalue weighted by molar-refractivity contribution is -0.120. The molecule has 2 aromatic carbocycles. The maximum absolute atomic E-state index is 13.0. The van der Waals surface area contributed by atoms with Gasteiger partial charge in [-0.3, -0.25) is 9.69 Å². The Morgan fingerprint density at radius 3 is 2.69 bits per heavy atom. The highest BCUT2D eigenvalue weighted by Gasteiger charge is 2.21. The molecule has 0 saturated heterocycles. The Morgan fingerprint density at radius 1 is 1.17 bits per heavy atom. The lowest BCUT2D eigenvalue weighted by Gasteiger charge is -2.21. The number of hydrogen-bond acceptors (Lipinski definition) is 5. The molecule has 0 aliphatic rings. The van der Waals surface area contributed by atoms with E-state index in [-0.39, 0.29) is 12.5 Å². The molecule has 9 heteroatoms. The molecule has 3 aromatic rings. The van der Waals surface area contributed by atoms with E-state index in [0.717, 1.165) is 27.7 Å². The minimum absolute atomic E-state index is 0.136.